The van der Waals surface area contributed by atoms with Crippen LogP contribution in [0.15, 0.2) is 40.1 Å². The van der Waals surface area contributed by atoms with Crippen LogP contribution in [0.1, 0.15) is 6.42 Å². The lowest BCUT2D eigenvalue weighted by atomic mass is 10.4. The second kappa shape index (κ2) is 8.79. The van der Waals surface area contributed by atoms with E-state index in [2.05, 4.69) is 30.6 Å². The second-order valence-electron chi connectivity index (χ2n) is 5.46. The van der Waals surface area contributed by atoms with Crippen LogP contribution in [-0.4, -0.2) is 50.5 Å². The van der Waals surface area contributed by atoms with Gasteiger partial charge in [0, 0.05) is 29.6 Å². The quantitative estimate of drug-likeness (QED) is 0.624. The van der Waals surface area contributed by atoms with Gasteiger partial charge in [-0.05, 0) is 48.6 Å². The number of hydrogen-bond acceptors (Lipinski definition) is 6. The molecule has 0 spiro atoms. The predicted molar refractivity (Wildman–Crippen MR) is 101 cm³/mol. The van der Waals surface area contributed by atoms with Crippen molar-refractivity contribution < 1.29 is 13.2 Å². The Balaban J connectivity index is 2.18. The number of ether oxygens (including phenoxy) is 1. The molecule has 2 aromatic heterocycles. The zero-order valence-corrected chi connectivity index (χ0v) is 16.9. The molecule has 0 aliphatic heterocycles. The molecule has 136 valence electrons. The molecule has 2 aromatic rings. The van der Waals surface area contributed by atoms with E-state index in [1.807, 2.05) is 19.0 Å². The molecule has 7 nitrogen and oxygen atoms in total. The number of sulfonamides is 1. The molecule has 0 atom stereocenters. The van der Waals surface area contributed by atoms with E-state index in [-0.39, 0.29) is 21.5 Å². The Kier molecular flexibility index (Phi) is 7.00. The van der Waals surface area contributed by atoms with Crippen LogP contribution in [0, 0.1) is 0 Å². The summed E-state index contributed by atoms with van der Waals surface area (Å²) in [6.07, 6.45) is 4.91. The number of nitrogens with zero attached hydrogens (tertiary/aromatic N) is 3. The first-order valence-electron chi connectivity index (χ1n) is 7.34. The number of rotatable bonds is 8. The lowest BCUT2D eigenvalue weighted by molar-refractivity contribution is 0.274. The van der Waals surface area contributed by atoms with E-state index in [0.717, 1.165) is 13.0 Å². The number of pyridine rings is 2. The fourth-order valence-corrected chi connectivity index (χ4v) is 3.51. The van der Waals surface area contributed by atoms with Gasteiger partial charge in [-0.1, -0.05) is 11.6 Å². The first-order valence-corrected chi connectivity index (χ1v) is 10.00. The van der Waals surface area contributed by atoms with Crippen molar-refractivity contribution >= 4 is 43.2 Å². The molecule has 0 saturated heterocycles. The maximum Gasteiger partial charge on any atom is 0.263 e. The molecule has 0 unspecified atom stereocenters. The highest BCUT2D eigenvalue weighted by molar-refractivity contribution is 9.10. The SMILES string of the molecule is CN(C)CCCOc1ncc(Br)cc1NS(=O)(=O)c1cncc(Cl)c1. The summed E-state index contributed by atoms with van der Waals surface area (Å²) in [7, 11) is 0.0723. The molecule has 0 aliphatic carbocycles. The Hall–Kier alpha value is -1.42. The Morgan fingerprint density at radius 3 is 2.72 bits per heavy atom. The van der Waals surface area contributed by atoms with Gasteiger partial charge in [-0.15, -0.1) is 0 Å². The summed E-state index contributed by atoms with van der Waals surface area (Å²) >= 11 is 9.10. The highest BCUT2D eigenvalue weighted by Gasteiger charge is 2.18. The Labute approximate surface area is 160 Å². The molecule has 0 fully saturated rings. The number of aromatic nitrogens is 2. The smallest absolute Gasteiger partial charge is 0.263 e. The van der Waals surface area contributed by atoms with E-state index in [1.54, 1.807) is 12.3 Å². The molecule has 0 radical (unpaired) electrons. The van der Waals surface area contributed by atoms with Crippen molar-refractivity contribution in [1.29, 1.82) is 0 Å². The highest BCUT2D eigenvalue weighted by Crippen LogP contribution is 2.28. The molecule has 1 N–H and O–H groups in total. The maximum absolute atomic E-state index is 12.5. The first kappa shape index (κ1) is 19.9. The van der Waals surface area contributed by atoms with Crippen LogP contribution in [0.25, 0.3) is 0 Å². The monoisotopic (exact) mass is 448 g/mol. The molecular weight excluding hydrogens is 432 g/mol. The Bertz CT molecular complexity index is 833. The number of nitrogens with one attached hydrogen (secondary N) is 1. The molecule has 25 heavy (non-hydrogen) atoms. The Morgan fingerprint density at radius 1 is 1.28 bits per heavy atom. The van der Waals surface area contributed by atoms with Gasteiger partial charge in [0.1, 0.15) is 10.6 Å². The summed E-state index contributed by atoms with van der Waals surface area (Å²) in [5.41, 5.74) is 0.235. The van der Waals surface area contributed by atoms with Gasteiger partial charge in [0.25, 0.3) is 10.0 Å². The number of halogens is 2. The van der Waals surface area contributed by atoms with E-state index in [4.69, 9.17) is 16.3 Å². The molecule has 2 rings (SSSR count). The summed E-state index contributed by atoms with van der Waals surface area (Å²) in [4.78, 5) is 9.93. The van der Waals surface area contributed by atoms with Gasteiger partial charge in [0.2, 0.25) is 5.88 Å². The lowest BCUT2D eigenvalue weighted by Gasteiger charge is -2.14. The van der Waals surface area contributed by atoms with Crippen molar-refractivity contribution in [3.8, 4) is 5.88 Å². The van der Waals surface area contributed by atoms with Gasteiger partial charge in [-0.2, -0.15) is 0 Å². The van der Waals surface area contributed by atoms with Gasteiger partial charge in [-0.25, -0.2) is 13.4 Å². The summed E-state index contributed by atoms with van der Waals surface area (Å²) in [6.45, 7) is 1.27. The van der Waals surface area contributed by atoms with Crippen molar-refractivity contribution in [2.45, 2.75) is 11.3 Å². The average Bonchev–Trinajstić information content (AvgIpc) is 2.52. The average molecular weight is 450 g/mol. The summed E-state index contributed by atoms with van der Waals surface area (Å²) in [6, 6.07) is 2.91. The van der Waals surface area contributed by atoms with Gasteiger partial charge < -0.3 is 9.64 Å². The minimum Gasteiger partial charge on any atom is -0.476 e. The number of anilines is 1. The van der Waals surface area contributed by atoms with E-state index in [0.29, 0.717) is 11.1 Å². The maximum atomic E-state index is 12.5. The van der Waals surface area contributed by atoms with E-state index in [1.165, 1.54) is 18.5 Å². The zero-order valence-electron chi connectivity index (χ0n) is 13.7. The van der Waals surface area contributed by atoms with Crippen LogP contribution < -0.4 is 9.46 Å². The van der Waals surface area contributed by atoms with Gasteiger partial charge in [0.05, 0.1) is 11.6 Å². The van der Waals surface area contributed by atoms with Gasteiger partial charge in [0.15, 0.2) is 0 Å². The van der Waals surface area contributed by atoms with Gasteiger partial charge in [-0.3, -0.25) is 9.71 Å². The lowest BCUT2D eigenvalue weighted by Crippen LogP contribution is -2.17. The number of hydrogen-bond donors (Lipinski definition) is 1. The fraction of sp³-hybridized carbons (Fsp3) is 0.333. The largest absolute Gasteiger partial charge is 0.476 e. The molecule has 0 aromatic carbocycles. The third-order valence-corrected chi connectivity index (χ3v) is 5.01. The molecule has 0 saturated carbocycles. The molecule has 2 heterocycles. The van der Waals surface area contributed by atoms with Crippen molar-refractivity contribution in [3.63, 3.8) is 0 Å². The molecule has 0 aliphatic rings. The molecule has 0 amide bonds. The fourth-order valence-electron chi connectivity index (χ4n) is 1.91. The minimum absolute atomic E-state index is 0.0430. The van der Waals surface area contributed by atoms with E-state index < -0.39 is 10.0 Å². The Morgan fingerprint density at radius 2 is 2.04 bits per heavy atom. The van der Waals surface area contributed by atoms with Crippen LogP contribution in [0.2, 0.25) is 5.02 Å². The molecular formula is C15H18BrClN4O3S. The van der Waals surface area contributed by atoms with Crippen molar-refractivity contribution in [2.24, 2.45) is 0 Å². The van der Waals surface area contributed by atoms with Gasteiger partial charge >= 0.3 is 0 Å². The predicted octanol–water partition coefficient (Wildman–Crippen LogP) is 3.02. The molecule has 0 bridgehead atoms. The van der Waals surface area contributed by atoms with E-state index >= 15 is 0 Å². The zero-order chi connectivity index (χ0) is 18.4. The third-order valence-electron chi connectivity index (χ3n) is 3.04. The summed E-state index contributed by atoms with van der Waals surface area (Å²) in [5.74, 6) is 0.209. The normalized spacial score (nSPS) is 11.6. The van der Waals surface area contributed by atoms with Crippen LogP contribution in [0.4, 0.5) is 5.69 Å². The highest BCUT2D eigenvalue weighted by atomic mass is 79.9. The first-order chi connectivity index (χ1) is 11.8. The minimum atomic E-state index is -3.87. The second-order valence-corrected chi connectivity index (χ2v) is 8.49. The van der Waals surface area contributed by atoms with E-state index in [9.17, 15) is 8.42 Å². The van der Waals surface area contributed by atoms with Crippen LogP contribution in [-0.2, 0) is 10.0 Å². The van der Waals surface area contributed by atoms with Crippen molar-refractivity contribution in [2.75, 3.05) is 32.0 Å². The summed E-state index contributed by atoms with van der Waals surface area (Å²) < 4.78 is 33.8. The van der Waals surface area contributed by atoms with Crippen LogP contribution >= 0.6 is 27.5 Å². The standard InChI is InChI=1S/C15H18BrClN4O3S/c1-21(2)4-3-5-24-15-14(6-11(16)8-19-15)20-25(22,23)13-7-12(17)9-18-10-13/h6-10,20H,3-5H2,1-2H3. The topological polar surface area (TPSA) is 84.4 Å². The van der Waals surface area contributed by atoms with Crippen molar-refractivity contribution in [1.82, 2.24) is 14.9 Å². The van der Waals surface area contributed by atoms with Crippen molar-refractivity contribution in [3.05, 3.63) is 40.2 Å². The molecule has 10 heteroatoms. The third kappa shape index (κ3) is 6.10. The summed E-state index contributed by atoms with van der Waals surface area (Å²) in [5, 5.41) is 0.232. The van der Waals surface area contributed by atoms with Crippen LogP contribution in [0.3, 0.4) is 0 Å². The van der Waals surface area contributed by atoms with Crippen LogP contribution in [0.5, 0.6) is 5.88 Å².